The Morgan fingerprint density at radius 1 is 1.55 bits per heavy atom. The van der Waals surface area contributed by atoms with E-state index in [0.717, 1.165) is 32.4 Å². The summed E-state index contributed by atoms with van der Waals surface area (Å²) in [6, 6.07) is 0. The molecule has 1 aliphatic heterocycles. The van der Waals surface area contributed by atoms with Crippen molar-refractivity contribution < 1.29 is 14.4 Å². The quantitative estimate of drug-likeness (QED) is 0.919. The number of aliphatic hydroxyl groups excluding tert-OH is 1. The first kappa shape index (κ1) is 15.0. The van der Waals surface area contributed by atoms with Crippen molar-refractivity contribution in [2.75, 3.05) is 19.7 Å². The lowest BCUT2D eigenvalue weighted by Gasteiger charge is -2.32. The van der Waals surface area contributed by atoms with Gasteiger partial charge in [-0.05, 0) is 32.1 Å². The number of aryl methyl sites for hydroxylation is 1. The van der Waals surface area contributed by atoms with Gasteiger partial charge < -0.3 is 14.5 Å². The van der Waals surface area contributed by atoms with E-state index in [1.165, 1.54) is 0 Å². The molecule has 1 aliphatic rings. The van der Waals surface area contributed by atoms with E-state index in [0.29, 0.717) is 22.9 Å². The molecule has 5 nitrogen and oxygen atoms in total. The third-order valence-corrected chi connectivity index (χ3v) is 3.97. The minimum absolute atomic E-state index is 0.0232. The van der Waals surface area contributed by atoms with Crippen LogP contribution in [0.15, 0.2) is 4.52 Å². The van der Waals surface area contributed by atoms with Gasteiger partial charge in [-0.2, -0.15) is 0 Å². The fourth-order valence-corrected chi connectivity index (χ4v) is 2.87. The number of amides is 1. The second-order valence-corrected chi connectivity index (χ2v) is 5.93. The summed E-state index contributed by atoms with van der Waals surface area (Å²) in [7, 11) is 0. The molecule has 1 amide bonds. The van der Waals surface area contributed by atoms with Crippen LogP contribution >= 0.6 is 0 Å². The Morgan fingerprint density at radius 2 is 2.30 bits per heavy atom. The smallest absolute Gasteiger partial charge is 0.259 e. The first-order chi connectivity index (χ1) is 9.54. The van der Waals surface area contributed by atoms with Gasteiger partial charge in [-0.3, -0.25) is 4.79 Å². The minimum Gasteiger partial charge on any atom is -0.396 e. The van der Waals surface area contributed by atoms with Crippen LogP contribution in [-0.2, 0) is 0 Å². The molecule has 0 saturated carbocycles. The lowest BCUT2D eigenvalue weighted by Crippen LogP contribution is -2.40. The average Bonchev–Trinajstić information content (AvgIpc) is 2.81. The molecule has 1 saturated heterocycles. The summed E-state index contributed by atoms with van der Waals surface area (Å²) < 4.78 is 5.31. The molecule has 0 radical (unpaired) electrons. The van der Waals surface area contributed by atoms with Crippen molar-refractivity contribution in [1.29, 1.82) is 0 Å². The molecule has 2 rings (SSSR count). The van der Waals surface area contributed by atoms with Crippen LogP contribution in [0.2, 0.25) is 0 Å². The van der Waals surface area contributed by atoms with Crippen LogP contribution in [-0.4, -0.2) is 40.8 Å². The van der Waals surface area contributed by atoms with E-state index in [1.54, 1.807) is 0 Å². The van der Waals surface area contributed by atoms with E-state index in [9.17, 15) is 4.79 Å². The van der Waals surface area contributed by atoms with Crippen LogP contribution in [0.1, 0.15) is 60.8 Å². The number of carbonyl (C=O) groups is 1. The minimum atomic E-state index is 0.0232. The molecule has 1 unspecified atom stereocenters. The maximum absolute atomic E-state index is 12.7. The largest absolute Gasteiger partial charge is 0.396 e. The Bertz CT molecular complexity index is 466. The first-order valence-electron chi connectivity index (χ1n) is 7.40. The van der Waals surface area contributed by atoms with Gasteiger partial charge in [0, 0.05) is 25.6 Å². The first-order valence-corrected chi connectivity index (χ1v) is 7.40. The molecule has 112 valence electrons. The van der Waals surface area contributed by atoms with Gasteiger partial charge in [0.2, 0.25) is 0 Å². The predicted molar refractivity (Wildman–Crippen MR) is 75.7 cm³/mol. The zero-order valence-electron chi connectivity index (χ0n) is 12.6. The number of nitrogens with zero attached hydrogens (tertiary/aromatic N) is 2. The molecule has 5 heteroatoms. The molecule has 0 aromatic carbocycles. The Balaban J connectivity index is 2.16. The molecular formula is C15H24N2O3. The maximum atomic E-state index is 12.7. The van der Waals surface area contributed by atoms with Crippen LogP contribution in [0.25, 0.3) is 0 Å². The van der Waals surface area contributed by atoms with Crippen molar-refractivity contribution in [2.45, 2.75) is 46.0 Å². The van der Waals surface area contributed by atoms with E-state index < -0.39 is 0 Å². The summed E-state index contributed by atoms with van der Waals surface area (Å²) in [6.45, 7) is 7.52. The third kappa shape index (κ3) is 3.03. The number of likely N-dealkylation sites (tertiary alicyclic amines) is 1. The van der Waals surface area contributed by atoms with Crippen molar-refractivity contribution in [3.63, 3.8) is 0 Å². The SMILES string of the molecule is Cc1noc(C(C)C)c1C(=O)N1CCCC(CCO)C1. The fraction of sp³-hybridized carbons (Fsp3) is 0.733. The highest BCUT2D eigenvalue weighted by Gasteiger charge is 2.29. The number of aliphatic hydroxyl groups is 1. The molecular weight excluding hydrogens is 256 g/mol. The molecule has 2 heterocycles. The van der Waals surface area contributed by atoms with Gasteiger partial charge in [-0.1, -0.05) is 19.0 Å². The van der Waals surface area contributed by atoms with Crippen molar-refractivity contribution in [2.24, 2.45) is 5.92 Å². The molecule has 1 N–H and O–H groups in total. The Kier molecular flexibility index (Phi) is 4.81. The van der Waals surface area contributed by atoms with E-state index in [4.69, 9.17) is 9.63 Å². The van der Waals surface area contributed by atoms with Gasteiger partial charge in [0.15, 0.2) is 5.76 Å². The second kappa shape index (κ2) is 6.39. The van der Waals surface area contributed by atoms with Gasteiger partial charge in [0.05, 0.1) is 5.69 Å². The number of hydrogen-bond acceptors (Lipinski definition) is 4. The van der Waals surface area contributed by atoms with Crippen LogP contribution < -0.4 is 0 Å². The van der Waals surface area contributed by atoms with Crippen molar-refractivity contribution in [1.82, 2.24) is 10.1 Å². The predicted octanol–water partition coefficient (Wildman–Crippen LogP) is 2.34. The van der Waals surface area contributed by atoms with Crippen LogP contribution in [0.3, 0.4) is 0 Å². The average molecular weight is 280 g/mol. The second-order valence-electron chi connectivity index (χ2n) is 5.93. The van der Waals surface area contributed by atoms with Crippen molar-refractivity contribution in [3.8, 4) is 0 Å². The summed E-state index contributed by atoms with van der Waals surface area (Å²) in [6.07, 6.45) is 2.85. The molecule has 0 spiro atoms. The van der Waals surface area contributed by atoms with Crippen molar-refractivity contribution >= 4 is 5.91 Å². The number of hydrogen-bond donors (Lipinski definition) is 1. The standard InChI is InChI=1S/C15H24N2O3/c1-10(2)14-13(11(3)16-20-14)15(19)17-7-4-5-12(9-17)6-8-18/h10,12,18H,4-9H2,1-3H3. The maximum Gasteiger partial charge on any atom is 0.259 e. The van der Waals surface area contributed by atoms with E-state index in [2.05, 4.69) is 5.16 Å². The van der Waals surface area contributed by atoms with Crippen molar-refractivity contribution in [3.05, 3.63) is 17.0 Å². The van der Waals surface area contributed by atoms with Gasteiger partial charge in [0.1, 0.15) is 5.56 Å². The van der Waals surface area contributed by atoms with Crippen LogP contribution in [0, 0.1) is 12.8 Å². The third-order valence-electron chi connectivity index (χ3n) is 3.97. The van der Waals surface area contributed by atoms with E-state index in [-0.39, 0.29) is 18.4 Å². The molecule has 1 fully saturated rings. The Hall–Kier alpha value is -1.36. The summed E-state index contributed by atoms with van der Waals surface area (Å²) in [4.78, 5) is 14.6. The summed E-state index contributed by atoms with van der Waals surface area (Å²) in [5.74, 6) is 1.25. The molecule has 20 heavy (non-hydrogen) atoms. The summed E-state index contributed by atoms with van der Waals surface area (Å²) in [5.41, 5.74) is 1.30. The Morgan fingerprint density at radius 3 is 2.95 bits per heavy atom. The number of carbonyl (C=O) groups excluding carboxylic acids is 1. The number of rotatable bonds is 4. The van der Waals surface area contributed by atoms with Gasteiger partial charge in [0.25, 0.3) is 5.91 Å². The zero-order chi connectivity index (χ0) is 14.7. The topological polar surface area (TPSA) is 66.6 Å². The molecule has 0 bridgehead atoms. The highest BCUT2D eigenvalue weighted by molar-refractivity contribution is 5.96. The van der Waals surface area contributed by atoms with E-state index >= 15 is 0 Å². The molecule has 1 aromatic rings. The number of aromatic nitrogens is 1. The lowest BCUT2D eigenvalue weighted by atomic mass is 9.94. The van der Waals surface area contributed by atoms with Crippen LogP contribution in [0.4, 0.5) is 0 Å². The van der Waals surface area contributed by atoms with E-state index in [1.807, 2.05) is 25.7 Å². The van der Waals surface area contributed by atoms with Gasteiger partial charge >= 0.3 is 0 Å². The highest BCUT2D eigenvalue weighted by atomic mass is 16.5. The summed E-state index contributed by atoms with van der Waals surface area (Å²) >= 11 is 0. The Labute approximate surface area is 119 Å². The number of piperidine rings is 1. The van der Waals surface area contributed by atoms with Gasteiger partial charge in [-0.25, -0.2) is 0 Å². The summed E-state index contributed by atoms with van der Waals surface area (Å²) in [5, 5.41) is 13.0. The lowest BCUT2D eigenvalue weighted by molar-refractivity contribution is 0.0650. The van der Waals surface area contributed by atoms with Crippen LogP contribution in [0.5, 0.6) is 0 Å². The molecule has 1 atom stereocenters. The highest BCUT2D eigenvalue weighted by Crippen LogP contribution is 2.26. The fourth-order valence-electron chi connectivity index (χ4n) is 2.87. The molecule has 0 aliphatic carbocycles. The normalized spacial score (nSPS) is 19.6. The van der Waals surface area contributed by atoms with Gasteiger partial charge in [-0.15, -0.1) is 0 Å². The monoisotopic (exact) mass is 280 g/mol. The zero-order valence-corrected chi connectivity index (χ0v) is 12.6. The molecule has 1 aromatic heterocycles.